The first-order chi connectivity index (χ1) is 12.8. The maximum Gasteiger partial charge on any atom is 0.234 e. The van der Waals surface area contributed by atoms with E-state index < -0.39 is 0 Å². The van der Waals surface area contributed by atoms with E-state index in [9.17, 15) is 4.79 Å². The first-order valence-corrected chi connectivity index (χ1v) is 10.5. The molecule has 0 unspecified atom stereocenters. The molecular weight excluding hydrogens is 348 g/mol. The van der Waals surface area contributed by atoms with Gasteiger partial charge in [-0.1, -0.05) is 30.5 Å². The minimum Gasteiger partial charge on any atom is -0.352 e. The van der Waals surface area contributed by atoms with Crippen molar-refractivity contribution in [3.63, 3.8) is 0 Å². The SMILES string of the molecule is O=C(CN1CCC(c2nc(-c3cccs3)no2)CC1)NC1CCCCC1. The van der Waals surface area contributed by atoms with E-state index in [0.717, 1.165) is 49.5 Å². The molecular formula is C19H26N4O2S. The number of aromatic nitrogens is 2. The molecule has 140 valence electrons. The number of rotatable bonds is 5. The van der Waals surface area contributed by atoms with Crippen LogP contribution in [-0.2, 0) is 4.79 Å². The first kappa shape index (κ1) is 17.7. The second kappa shape index (κ2) is 8.31. The van der Waals surface area contributed by atoms with E-state index in [0.29, 0.717) is 24.3 Å². The third-order valence-corrected chi connectivity index (χ3v) is 6.32. The van der Waals surface area contributed by atoms with Gasteiger partial charge in [-0.15, -0.1) is 11.3 Å². The van der Waals surface area contributed by atoms with Gasteiger partial charge in [0.15, 0.2) is 0 Å². The first-order valence-electron chi connectivity index (χ1n) is 9.67. The van der Waals surface area contributed by atoms with Crippen molar-refractivity contribution in [1.29, 1.82) is 0 Å². The van der Waals surface area contributed by atoms with Gasteiger partial charge in [0.2, 0.25) is 17.6 Å². The van der Waals surface area contributed by atoms with E-state index in [4.69, 9.17) is 4.52 Å². The molecule has 7 heteroatoms. The summed E-state index contributed by atoms with van der Waals surface area (Å²) in [5.74, 6) is 1.89. The minimum atomic E-state index is 0.174. The Morgan fingerprint density at radius 3 is 2.77 bits per heavy atom. The fraction of sp³-hybridized carbons (Fsp3) is 0.632. The fourth-order valence-corrected chi connectivity index (χ4v) is 4.62. The third-order valence-electron chi connectivity index (χ3n) is 5.46. The van der Waals surface area contributed by atoms with Gasteiger partial charge in [-0.05, 0) is 50.2 Å². The van der Waals surface area contributed by atoms with Crippen molar-refractivity contribution in [1.82, 2.24) is 20.4 Å². The number of nitrogens with one attached hydrogen (secondary N) is 1. The lowest BCUT2D eigenvalue weighted by atomic mass is 9.95. The maximum absolute atomic E-state index is 12.3. The van der Waals surface area contributed by atoms with E-state index in [-0.39, 0.29) is 5.91 Å². The van der Waals surface area contributed by atoms with Gasteiger partial charge in [0.1, 0.15) is 0 Å². The van der Waals surface area contributed by atoms with E-state index >= 15 is 0 Å². The highest BCUT2D eigenvalue weighted by atomic mass is 32.1. The lowest BCUT2D eigenvalue weighted by Gasteiger charge is -2.30. The summed E-state index contributed by atoms with van der Waals surface area (Å²) in [6.07, 6.45) is 7.99. The maximum atomic E-state index is 12.3. The number of carbonyl (C=O) groups excluding carboxylic acids is 1. The summed E-state index contributed by atoms with van der Waals surface area (Å²) in [5.41, 5.74) is 0. The Morgan fingerprint density at radius 1 is 1.23 bits per heavy atom. The predicted molar refractivity (Wildman–Crippen MR) is 101 cm³/mol. The van der Waals surface area contributed by atoms with Crippen molar-refractivity contribution < 1.29 is 9.32 Å². The molecule has 4 rings (SSSR count). The number of piperidine rings is 1. The molecule has 2 aliphatic rings. The zero-order valence-corrected chi connectivity index (χ0v) is 15.8. The van der Waals surface area contributed by atoms with Gasteiger partial charge < -0.3 is 9.84 Å². The van der Waals surface area contributed by atoms with E-state index in [1.807, 2.05) is 17.5 Å². The van der Waals surface area contributed by atoms with Gasteiger partial charge >= 0.3 is 0 Å². The number of nitrogens with zero attached hydrogens (tertiary/aromatic N) is 3. The summed E-state index contributed by atoms with van der Waals surface area (Å²) in [6.45, 7) is 2.31. The smallest absolute Gasteiger partial charge is 0.234 e. The Balaban J connectivity index is 1.24. The molecule has 2 aromatic heterocycles. The van der Waals surface area contributed by atoms with Crippen LogP contribution < -0.4 is 5.32 Å². The quantitative estimate of drug-likeness (QED) is 0.868. The second-order valence-corrected chi connectivity index (χ2v) is 8.33. The number of carbonyl (C=O) groups is 1. The summed E-state index contributed by atoms with van der Waals surface area (Å²) in [7, 11) is 0. The van der Waals surface area contributed by atoms with Gasteiger partial charge in [-0.2, -0.15) is 4.98 Å². The average molecular weight is 375 g/mol. The molecule has 1 saturated heterocycles. The molecule has 0 atom stereocenters. The number of likely N-dealkylation sites (tertiary alicyclic amines) is 1. The highest BCUT2D eigenvalue weighted by Crippen LogP contribution is 2.29. The van der Waals surface area contributed by atoms with Crippen LogP contribution in [0.4, 0.5) is 0 Å². The Bertz CT molecular complexity index is 701. The summed E-state index contributed by atoms with van der Waals surface area (Å²) in [6, 6.07) is 4.39. The van der Waals surface area contributed by atoms with E-state index in [2.05, 4.69) is 20.4 Å². The summed E-state index contributed by atoms with van der Waals surface area (Å²) >= 11 is 1.62. The van der Waals surface area contributed by atoms with Crippen LogP contribution >= 0.6 is 11.3 Å². The number of hydrogen-bond acceptors (Lipinski definition) is 6. The number of amides is 1. The fourth-order valence-electron chi connectivity index (χ4n) is 3.97. The molecule has 1 aliphatic carbocycles. The lowest BCUT2D eigenvalue weighted by molar-refractivity contribution is -0.123. The van der Waals surface area contributed by atoms with Crippen LogP contribution in [0.5, 0.6) is 0 Å². The van der Waals surface area contributed by atoms with Crippen LogP contribution in [0.2, 0.25) is 0 Å². The predicted octanol–water partition coefficient (Wildman–Crippen LogP) is 3.43. The largest absolute Gasteiger partial charge is 0.352 e. The van der Waals surface area contributed by atoms with Gasteiger partial charge in [0.05, 0.1) is 11.4 Å². The molecule has 1 N–H and O–H groups in total. The van der Waals surface area contributed by atoms with E-state index in [1.54, 1.807) is 11.3 Å². The highest BCUT2D eigenvalue weighted by Gasteiger charge is 2.27. The lowest BCUT2D eigenvalue weighted by Crippen LogP contribution is -2.44. The second-order valence-electron chi connectivity index (χ2n) is 7.39. The van der Waals surface area contributed by atoms with Crippen molar-refractivity contribution in [2.75, 3.05) is 19.6 Å². The third kappa shape index (κ3) is 4.32. The molecule has 0 radical (unpaired) electrons. The monoisotopic (exact) mass is 374 g/mol. The van der Waals surface area contributed by atoms with Gasteiger partial charge in [0, 0.05) is 12.0 Å². The van der Waals surface area contributed by atoms with Gasteiger partial charge in [-0.25, -0.2) is 0 Å². The molecule has 1 saturated carbocycles. The Hall–Kier alpha value is -1.73. The minimum absolute atomic E-state index is 0.174. The van der Waals surface area contributed by atoms with Crippen molar-refractivity contribution in [2.45, 2.75) is 56.9 Å². The molecule has 0 spiro atoms. The van der Waals surface area contributed by atoms with Crippen LogP contribution in [0.15, 0.2) is 22.0 Å². The molecule has 0 bridgehead atoms. The van der Waals surface area contributed by atoms with E-state index in [1.165, 1.54) is 19.3 Å². The molecule has 26 heavy (non-hydrogen) atoms. The Morgan fingerprint density at radius 2 is 2.04 bits per heavy atom. The number of hydrogen-bond donors (Lipinski definition) is 1. The van der Waals surface area contributed by atoms with Crippen LogP contribution in [-0.4, -0.2) is 46.6 Å². The topological polar surface area (TPSA) is 71.3 Å². The van der Waals surface area contributed by atoms with Crippen LogP contribution in [0.3, 0.4) is 0 Å². The number of thiophene rings is 1. The molecule has 6 nitrogen and oxygen atoms in total. The summed E-state index contributed by atoms with van der Waals surface area (Å²) in [5, 5.41) is 9.34. The average Bonchev–Trinajstić information content (AvgIpc) is 3.35. The van der Waals surface area contributed by atoms with Gasteiger partial charge in [0.25, 0.3) is 0 Å². The van der Waals surface area contributed by atoms with Crippen molar-refractivity contribution in [3.05, 3.63) is 23.4 Å². The molecule has 3 heterocycles. The highest BCUT2D eigenvalue weighted by molar-refractivity contribution is 7.13. The van der Waals surface area contributed by atoms with Crippen LogP contribution in [0, 0.1) is 0 Å². The van der Waals surface area contributed by atoms with Crippen LogP contribution in [0.1, 0.15) is 56.8 Å². The standard InChI is InChI=1S/C19H26N4O2S/c24-17(20-15-5-2-1-3-6-15)13-23-10-8-14(9-11-23)19-21-18(22-25-19)16-7-4-12-26-16/h4,7,12,14-15H,1-3,5-6,8-11,13H2,(H,20,24). The van der Waals surface area contributed by atoms with Crippen molar-refractivity contribution in [3.8, 4) is 10.7 Å². The van der Waals surface area contributed by atoms with Crippen LogP contribution in [0.25, 0.3) is 10.7 Å². The zero-order chi connectivity index (χ0) is 17.8. The molecule has 1 aliphatic heterocycles. The zero-order valence-electron chi connectivity index (χ0n) is 15.0. The molecule has 0 aromatic carbocycles. The molecule has 1 amide bonds. The van der Waals surface area contributed by atoms with Gasteiger partial charge in [-0.3, -0.25) is 9.69 Å². The normalized spacial score (nSPS) is 20.3. The van der Waals surface area contributed by atoms with Crippen molar-refractivity contribution in [2.24, 2.45) is 0 Å². The molecule has 2 aromatic rings. The Labute approximate surface area is 158 Å². The van der Waals surface area contributed by atoms with Crippen molar-refractivity contribution >= 4 is 17.2 Å². The summed E-state index contributed by atoms with van der Waals surface area (Å²) < 4.78 is 5.49. The Kier molecular flexibility index (Phi) is 5.65. The summed E-state index contributed by atoms with van der Waals surface area (Å²) in [4.78, 5) is 20.1. The molecule has 2 fully saturated rings.